The van der Waals surface area contributed by atoms with Crippen molar-refractivity contribution in [3.05, 3.63) is 60.3 Å². The predicted octanol–water partition coefficient (Wildman–Crippen LogP) is 2.67. The Kier molecular flexibility index (Phi) is 6.52. The molecule has 4 rings (SSSR count). The predicted molar refractivity (Wildman–Crippen MR) is 137 cm³/mol. The summed E-state index contributed by atoms with van der Waals surface area (Å²) in [5, 5.41) is 2.84. The third-order valence-electron chi connectivity index (χ3n) is 6.76. The lowest BCUT2D eigenvalue weighted by atomic mass is 9.55. The van der Waals surface area contributed by atoms with Crippen LogP contribution in [0.2, 0.25) is 0 Å². The minimum absolute atomic E-state index is 0.0744. The SMILES string of the molecule is BC1(B)C(C(C)C)N(c2ccnc(N[C@@H](C)c3cn(-c4ccc(C(F)(F)F)cc4)cn3)n2)C(=O)N1C. The summed E-state index contributed by atoms with van der Waals surface area (Å²) >= 11 is 0. The molecule has 2 atom stereocenters. The molecule has 3 heterocycles. The molecule has 0 saturated carbocycles. The van der Waals surface area contributed by atoms with Gasteiger partial charge in [0.05, 0.1) is 29.7 Å². The molecule has 13 heteroatoms. The third kappa shape index (κ3) is 4.66. The molecule has 8 nitrogen and oxygen atoms in total. The van der Waals surface area contributed by atoms with Crippen LogP contribution < -0.4 is 10.2 Å². The van der Waals surface area contributed by atoms with Gasteiger partial charge in [-0.1, -0.05) is 13.8 Å². The molecule has 3 aromatic rings. The van der Waals surface area contributed by atoms with E-state index in [2.05, 4.69) is 34.1 Å². The normalized spacial score (nSPS) is 18.7. The van der Waals surface area contributed by atoms with E-state index in [1.807, 2.05) is 22.6 Å². The molecule has 188 valence electrons. The molecule has 0 aliphatic carbocycles. The van der Waals surface area contributed by atoms with Crippen LogP contribution in [-0.2, 0) is 6.18 Å². The first kappa shape index (κ1) is 25.6. The second-order valence-electron chi connectivity index (χ2n) is 9.91. The van der Waals surface area contributed by atoms with Gasteiger partial charge in [0, 0.05) is 30.5 Å². The van der Waals surface area contributed by atoms with E-state index in [1.165, 1.54) is 12.1 Å². The van der Waals surface area contributed by atoms with Crippen molar-refractivity contribution in [2.75, 3.05) is 17.3 Å². The number of hydrogen-bond acceptors (Lipinski definition) is 5. The summed E-state index contributed by atoms with van der Waals surface area (Å²) in [7, 11) is 5.89. The van der Waals surface area contributed by atoms with Gasteiger partial charge in [-0.25, -0.2) is 14.8 Å². The Balaban J connectivity index is 1.53. The lowest BCUT2D eigenvalue weighted by molar-refractivity contribution is -0.137. The fourth-order valence-electron chi connectivity index (χ4n) is 4.74. The van der Waals surface area contributed by atoms with E-state index >= 15 is 0 Å². The quantitative estimate of drug-likeness (QED) is 0.531. The first-order valence-corrected chi connectivity index (χ1v) is 11.7. The number of nitrogens with zero attached hydrogens (tertiary/aromatic N) is 6. The Morgan fingerprint density at radius 3 is 2.36 bits per heavy atom. The van der Waals surface area contributed by atoms with Gasteiger partial charge in [-0.05, 0) is 43.2 Å². The second kappa shape index (κ2) is 9.18. The molecular weight excluding hydrogens is 469 g/mol. The van der Waals surface area contributed by atoms with Gasteiger partial charge in [-0.15, -0.1) is 0 Å². The van der Waals surface area contributed by atoms with Crippen LogP contribution in [0.25, 0.3) is 5.69 Å². The van der Waals surface area contributed by atoms with Gasteiger partial charge < -0.3 is 14.8 Å². The molecule has 2 amide bonds. The molecule has 1 unspecified atom stereocenters. The number of carbonyl (C=O) groups is 1. The number of halogens is 3. The highest BCUT2D eigenvalue weighted by molar-refractivity contribution is 6.43. The maximum Gasteiger partial charge on any atom is 0.416 e. The van der Waals surface area contributed by atoms with Crippen molar-refractivity contribution < 1.29 is 18.0 Å². The summed E-state index contributed by atoms with van der Waals surface area (Å²) in [5.74, 6) is 1.05. The summed E-state index contributed by atoms with van der Waals surface area (Å²) in [5.41, 5.74) is 0.512. The molecule has 1 N–H and O–H groups in total. The van der Waals surface area contributed by atoms with E-state index in [0.29, 0.717) is 23.1 Å². The Hall–Kier alpha value is -3.50. The van der Waals surface area contributed by atoms with Crippen LogP contribution in [0.3, 0.4) is 0 Å². The van der Waals surface area contributed by atoms with Crippen LogP contribution in [-0.4, -0.2) is 64.6 Å². The molecule has 36 heavy (non-hydrogen) atoms. The standard InChI is InChI=1S/C23H28B2F3N7O/c1-13(2)19-22(24,25)33(4)21(36)35(19)18-9-10-29-20(32-18)31-14(3)17-11-34(12-30-17)16-7-5-15(6-8-16)23(26,27)28/h5-14,19H,24-25H2,1-4H3,(H,29,31,32)/t14-,19?/m0/s1. The fourth-order valence-corrected chi connectivity index (χ4v) is 4.74. The van der Waals surface area contributed by atoms with Gasteiger partial charge in [0.15, 0.2) is 0 Å². The summed E-state index contributed by atoms with van der Waals surface area (Å²) < 4.78 is 40.2. The van der Waals surface area contributed by atoms with E-state index in [9.17, 15) is 18.0 Å². The summed E-state index contributed by atoms with van der Waals surface area (Å²) in [6.45, 7) is 6.05. The first-order valence-electron chi connectivity index (χ1n) is 11.7. The molecule has 1 aromatic carbocycles. The minimum Gasteiger partial charge on any atom is -0.346 e. The number of likely N-dealkylation sites (N-methyl/N-ethyl adjacent to an activating group) is 1. The third-order valence-corrected chi connectivity index (χ3v) is 6.76. The Morgan fingerprint density at radius 2 is 1.75 bits per heavy atom. The molecule has 0 radical (unpaired) electrons. The smallest absolute Gasteiger partial charge is 0.346 e. The van der Waals surface area contributed by atoms with Crippen molar-refractivity contribution in [1.82, 2.24) is 24.4 Å². The Labute approximate surface area is 209 Å². The number of aromatic nitrogens is 4. The van der Waals surface area contributed by atoms with Crippen LogP contribution in [0, 0.1) is 5.92 Å². The number of urea groups is 1. The summed E-state index contributed by atoms with van der Waals surface area (Å²) in [4.78, 5) is 29.9. The Bertz CT molecular complexity index is 1250. The highest BCUT2D eigenvalue weighted by Crippen LogP contribution is 2.35. The van der Waals surface area contributed by atoms with Crippen molar-refractivity contribution in [1.29, 1.82) is 0 Å². The molecule has 0 bridgehead atoms. The van der Waals surface area contributed by atoms with Crippen molar-refractivity contribution in [3.8, 4) is 5.69 Å². The summed E-state index contributed by atoms with van der Waals surface area (Å²) in [6.07, 6.45) is 0.502. The zero-order chi connectivity index (χ0) is 26.4. The van der Waals surface area contributed by atoms with E-state index < -0.39 is 11.7 Å². The van der Waals surface area contributed by atoms with Crippen LogP contribution in [0.4, 0.5) is 29.7 Å². The largest absolute Gasteiger partial charge is 0.416 e. The van der Waals surface area contributed by atoms with Gasteiger partial charge in [0.2, 0.25) is 5.95 Å². The number of amides is 2. The number of rotatable bonds is 6. The van der Waals surface area contributed by atoms with Crippen LogP contribution >= 0.6 is 0 Å². The number of anilines is 2. The molecule has 1 saturated heterocycles. The van der Waals surface area contributed by atoms with Crippen molar-refractivity contribution in [3.63, 3.8) is 0 Å². The van der Waals surface area contributed by atoms with Crippen molar-refractivity contribution in [2.45, 2.75) is 44.4 Å². The van der Waals surface area contributed by atoms with E-state index in [-0.39, 0.29) is 29.4 Å². The van der Waals surface area contributed by atoms with Gasteiger partial charge in [0.25, 0.3) is 0 Å². The first-order chi connectivity index (χ1) is 16.8. The van der Waals surface area contributed by atoms with Gasteiger partial charge >= 0.3 is 12.2 Å². The Morgan fingerprint density at radius 1 is 1.08 bits per heavy atom. The summed E-state index contributed by atoms with van der Waals surface area (Å²) in [6, 6.07) is 6.10. The highest BCUT2D eigenvalue weighted by Gasteiger charge is 2.51. The monoisotopic (exact) mass is 497 g/mol. The zero-order valence-electron chi connectivity index (χ0n) is 21.1. The molecule has 2 aromatic heterocycles. The lowest BCUT2D eigenvalue weighted by Crippen LogP contribution is -2.54. The average molecular weight is 497 g/mol. The van der Waals surface area contributed by atoms with E-state index in [1.54, 1.807) is 46.2 Å². The average Bonchev–Trinajstić information content (AvgIpc) is 3.37. The lowest BCUT2D eigenvalue weighted by Gasteiger charge is -2.36. The van der Waals surface area contributed by atoms with Gasteiger partial charge in [-0.2, -0.15) is 18.2 Å². The van der Waals surface area contributed by atoms with Crippen LogP contribution in [0.1, 0.15) is 38.1 Å². The molecule has 0 spiro atoms. The highest BCUT2D eigenvalue weighted by atomic mass is 19.4. The van der Waals surface area contributed by atoms with Crippen LogP contribution in [0.15, 0.2) is 49.1 Å². The zero-order valence-corrected chi connectivity index (χ0v) is 21.1. The number of alkyl halides is 3. The maximum absolute atomic E-state index is 13.1. The number of imidazole rings is 1. The molecule has 1 fully saturated rings. The number of nitrogens with one attached hydrogen (secondary N) is 1. The van der Waals surface area contributed by atoms with Crippen molar-refractivity contribution >= 4 is 33.5 Å². The molecular formula is C23H28B2F3N7O. The number of carbonyl (C=O) groups excluding carboxylic acids is 1. The van der Waals surface area contributed by atoms with Gasteiger partial charge in [-0.3, -0.25) is 4.90 Å². The molecule has 1 aliphatic heterocycles. The van der Waals surface area contributed by atoms with Crippen molar-refractivity contribution in [2.24, 2.45) is 5.92 Å². The topological polar surface area (TPSA) is 79.2 Å². The second-order valence-corrected chi connectivity index (χ2v) is 9.91. The van der Waals surface area contributed by atoms with E-state index in [0.717, 1.165) is 12.1 Å². The molecule has 1 aliphatic rings. The van der Waals surface area contributed by atoms with Gasteiger partial charge in [0.1, 0.15) is 21.5 Å². The fraction of sp³-hybridized carbons (Fsp3) is 0.391. The maximum atomic E-state index is 13.1. The minimum atomic E-state index is -4.38. The number of benzene rings is 1. The van der Waals surface area contributed by atoms with Crippen LogP contribution in [0.5, 0.6) is 0 Å². The number of hydrogen-bond donors (Lipinski definition) is 1. The van der Waals surface area contributed by atoms with E-state index in [4.69, 9.17) is 0 Å².